The summed E-state index contributed by atoms with van der Waals surface area (Å²) in [6.07, 6.45) is 10.2. The summed E-state index contributed by atoms with van der Waals surface area (Å²) in [5, 5.41) is 3.80. The van der Waals surface area contributed by atoms with E-state index in [1.54, 1.807) is 7.11 Å². The Kier molecular flexibility index (Phi) is 12.8. The van der Waals surface area contributed by atoms with Gasteiger partial charge in [-0.05, 0) is 92.1 Å². The van der Waals surface area contributed by atoms with Gasteiger partial charge in [0.05, 0.1) is 35.4 Å². The molecule has 3 atom stereocenters. The molecule has 0 bridgehead atoms. The number of ether oxygens (including phenoxy) is 1. The summed E-state index contributed by atoms with van der Waals surface area (Å²) in [6, 6.07) is 8.78. The first-order chi connectivity index (χ1) is 27.5. The minimum atomic E-state index is -0.600. The Hall–Kier alpha value is -3.69. The van der Waals surface area contributed by atoms with Crippen LogP contribution in [0, 0.1) is 15.7 Å². The molecule has 0 amide bonds. The molecule has 4 fully saturated rings. The molecular formula is C43H63FN8O5. The van der Waals surface area contributed by atoms with Gasteiger partial charge in [-0.15, -0.1) is 4.91 Å². The number of carbonyl (C=O) groups excluding carboxylic acids is 1. The number of benzene rings is 1. The Morgan fingerprint density at radius 1 is 1.14 bits per heavy atom. The summed E-state index contributed by atoms with van der Waals surface area (Å²) in [7, 11) is 1.71. The molecule has 4 heterocycles. The molecule has 2 N–H and O–H groups in total. The third-order valence-corrected chi connectivity index (χ3v) is 13.3. The Morgan fingerprint density at radius 3 is 2.51 bits per heavy atom. The van der Waals surface area contributed by atoms with Crippen molar-refractivity contribution in [1.82, 2.24) is 19.4 Å². The number of anilines is 2. The fraction of sp³-hybridized carbons (Fsp3) is 0.674. The second kappa shape index (κ2) is 17.7. The van der Waals surface area contributed by atoms with E-state index in [4.69, 9.17) is 20.3 Å². The Bertz CT molecular complexity index is 1850. The van der Waals surface area contributed by atoms with Crippen molar-refractivity contribution in [3.8, 4) is 11.3 Å². The number of carbonyl (C=O) groups is 1. The number of methoxy groups -OCH3 is 1. The summed E-state index contributed by atoms with van der Waals surface area (Å²) in [4.78, 5) is 47.1. The molecule has 2 aliphatic heterocycles. The molecule has 4 aliphatic rings. The fourth-order valence-electron chi connectivity index (χ4n) is 9.76. The maximum atomic E-state index is 13.4. The number of hydrogen-bond donors (Lipinski definition) is 1. The van der Waals surface area contributed by atoms with Gasteiger partial charge in [0.15, 0.2) is 5.34 Å². The van der Waals surface area contributed by atoms with Crippen LogP contribution in [0.2, 0.25) is 0 Å². The smallest absolute Gasteiger partial charge is 0.155 e. The molecule has 2 saturated heterocycles. The summed E-state index contributed by atoms with van der Waals surface area (Å²) in [6.45, 7) is 15.9. The van der Waals surface area contributed by atoms with Crippen LogP contribution in [0.1, 0.15) is 83.6 Å². The number of pyridine rings is 1. The molecule has 1 aromatic carbocycles. The summed E-state index contributed by atoms with van der Waals surface area (Å²) in [5.74, 6) is 0. The molecule has 312 valence electrons. The number of nitrogens with two attached hydrogens (primary N) is 1. The third-order valence-electron chi connectivity index (χ3n) is 13.3. The molecule has 14 heteroatoms. The summed E-state index contributed by atoms with van der Waals surface area (Å²) < 4.78 is 21.7. The molecule has 3 unspecified atom stereocenters. The van der Waals surface area contributed by atoms with Gasteiger partial charge < -0.3 is 34.5 Å². The fourth-order valence-corrected chi connectivity index (χ4v) is 9.76. The average Bonchev–Trinajstić information content (AvgIpc) is 4.00. The van der Waals surface area contributed by atoms with Gasteiger partial charge in [-0.1, -0.05) is 20.3 Å². The summed E-state index contributed by atoms with van der Waals surface area (Å²) >= 11 is 0. The van der Waals surface area contributed by atoms with Crippen LogP contribution in [0.4, 0.5) is 15.9 Å². The summed E-state index contributed by atoms with van der Waals surface area (Å²) in [5.41, 5.74) is 13.5. The van der Waals surface area contributed by atoms with Crippen molar-refractivity contribution in [2.24, 2.45) is 21.9 Å². The molecule has 7 rings (SSSR count). The number of aldehydes is 1. The molecular weight excluding hydrogens is 728 g/mol. The van der Waals surface area contributed by atoms with Crippen LogP contribution in [0.5, 0.6) is 0 Å². The van der Waals surface area contributed by atoms with Crippen molar-refractivity contribution < 1.29 is 23.8 Å². The number of fused-ring (bicyclic) bond motifs is 1. The van der Waals surface area contributed by atoms with Crippen LogP contribution in [0.15, 0.2) is 35.8 Å². The maximum Gasteiger partial charge on any atom is 0.155 e. The number of nitrogens with zero attached hydrogens (tertiary/aromatic N) is 7. The monoisotopic (exact) mass is 790 g/mol. The van der Waals surface area contributed by atoms with E-state index in [1.807, 2.05) is 13.1 Å². The van der Waals surface area contributed by atoms with E-state index < -0.39 is 11.5 Å². The van der Waals surface area contributed by atoms with Crippen LogP contribution in [-0.4, -0.2) is 116 Å². The van der Waals surface area contributed by atoms with Gasteiger partial charge >= 0.3 is 0 Å². The minimum absolute atomic E-state index is 0.0977. The van der Waals surface area contributed by atoms with Crippen molar-refractivity contribution in [3.05, 3.63) is 46.6 Å². The van der Waals surface area contributed by atoms with Crippen molar-refractivity contribution in [3.63, 3.8) is 0 Å². The highest BCUT2D eigenvalue weighted by atomic mass is 19.3. The number of likely N-dealkylation sites (tertiary alicyclic amines) is 1. The normalized spacial score (nSPS) is 20.2. The minimum Gasteiger partial charge on any atom is -0.375 e. The van der Waals surface area contributed by atoms with Gasteiger partial charge in [0.25, 0.3) is 0 Å². The number of rotatable bonds is 21. The predicted molar refractivity (Wildman–Crippen MR) is 222 cm³/mol. The van der Waals surface area contributed by atoms with Crippen LogP contribution in [0.25, 0.3) is 22.2 Å². The number of halogens is 1. The second-order valence-corrected chi connectivity index (χ2v) is 17.8. The lowest BCUT2D eigenvalue weighted by Crippen LogP contribution is -2.66. The maximum absolute atomic E-state index is 13.4. The lowest BCUT2D eigenvalue weighted by atomic mass is 9.63. The van der Waals surface area contributed by atoms with Crippen LogP contribution < -0.4 is 15.5 Å². The zero-order valence-electron chi connectivity index (χ0n) is 34.6. The van der Waals surface area contributed by atoms with Gasteiger partial charge in [-0.2, -0.15) is 4.94 Å². The number of aryl methyl sites for hydroxylation is 1. The molecule has 2 saturated carbocycles. The highest BCUT2D eigenvalue weighted by Crippen LogP contribution is 2.49. The molecule has 0 radical (unpaired) electrons. The van der Waals surface area contributed by atoms with Crippen molar-refractivity contribution >= 4 is 28.6 Å². The Balaban J connectivity index is 1.29. The first kappa shape index (κ1) is 41.5. The van der Waals surface area contributed by atoms with Crippen LogP contribution >= 0.6 is 0 Å². The highest BCUT2D eigenvalue weighted by molar-refractivity contribution is 5.95. The van der Waals surface area contributed by atoms with Gasteiger partial charge in [-0.3, -0.25) is 14.8 Å². The Labute approximate surface area is 336 Å². The topological polar surface area (TPSA) is 131 Å². The largest absolute Gasteiger partial charge is 0.375 e. The van der Waals surface area contributed by atoms with Crippen molar-refractivity contribution in [2.45, 2.75) is 103 Å². The number of hydrogen-bond acceptors (Lipinski definition) is 12. The average molecular weight is 791 g/mol. The number of aromatic nitrogens is 2. The third kappa shape index (κ3) is 8.85. The first-order valence-corrected chi connectivity index (χ1v) is 21.1. The van der Waals surface area contributed by atoms with Crippen LogP contribution in [0.3, 0.4) is 0 Å². The van der Waals surface area contributed by atoms with Gasteiger partial charge in [-0.25, -0.2) is 0 Å². The SMILES string of the molecule is CCn1c(-c2cc(N3CCN(C4CC4)CC3)cnc2C(C)OC)c(CC(C)(C)CON=O)c2cc(N(CCOF)CCC(C(N)C=O)N3CC4(CCC4)C3)ccc21. The second-order valence-electron chi connectivity index (χ2n) is 17.8. The van der Waals surface area contributed by atoms with E-state index in [9.17, 15) is 14.2 Å². The molecule has 1 spiro atoms. The quantitative estimate of drug-likeness (QED) is 0.0725. The molecule has 2 aromatic heterocycles. The molecule has 3 aromatic rings. The van der Waals surface area contributed by atoms with E-state index in [2.05, 4.69) is 79.5 Å². The van der Waals surface area contributed by atoms with Crippen molar-refractivity contribution in [2.75, 3.05) is 82.5 Å². The van der Waals surface area contributed by atoms with E-state index in [-0.39, 0.29) is 25.4 Å². The van der Waals surface area contributed by atoms with Gasteiger partial charge in [0, 0.05) is 106 Å². The first-order valence-electron chi connectivity index (χ1n) is 21.1. The lowest BCUT2D eigenvalue weighted by molar-refractivity contribution is -0.128. The van der Waals surface area contributed by atoms with Gasteiger partial charge in [0.2, 0.25) is 0 Å². The standard InChI is InChI=1S/C43H63FN8O5/c1-6-52-38-11-10-32(48(20-21-56-44)15-12-39(37(45)26-53)51-27-43(28-51)13-7-14-43)22-34(38)36(24-42(3,4)29-57-47-54)41(52)35-23-33(25-46-40(35)30(2)55-5)50-18-16-49(17-19-50)31-8-9-31/h10-11,22-23,25-26,30-31,37,39H,6-9,12-21,24,27-29,45H2,1-5H3. The zero-order valence-corrected chi connectivity index (χ0v) is 34.6. The molecule has 13 nitrogen and oxygen atoms in total. The van der Waals surface area contributed by atoms with E-state index in [0.717, 1.165) is 96.4 Å². The predicted octanol–water partition coefficient (Wildman–Crippen LogP) is 6.46. The van der Waals surface area contributed by atoms with E-state index in [1.165, 1.54) is 32.1 Å². The highest BCUT2D eigenvalue weighted by Gasteiger charge is 2.49. The van der Waals surface area contributed by atoms with Crippen molar-refractivity contribution in [1.29, 1.82) is 0 Å². The Morgan fingerprint density at radius 2 is 1.89 bits per heavy atom. The lowest BCUT2D eigenvalue weighted by Gasteiger charge is -2.59. The van der Waals surface area contributed by atoms with E-state index in [0.29, 0.717) is 37.9 Å². The zero-order chi connectivity index (χ0) is 40.3. The molecule has 57 heavy (non-hydrogen) atoms. The molecule has 2 aliphatic carbocycles. The van der Waals surface area contributed by atoms with Gasteiger partial charge in [0.1, 0.15) is 19.5 Å². The number of piperazine rings is 1. The van der Waals surface area contributed by atoms with Crippen LogP contribution in [-0.2, 0) is 32.3 Å². The van der Waals surface area contributed by atoms with E-state index >= 15 is 0 Å².